The van der Waals surface area contributed by atoms with Crippen LogP contribution in [0.2, 0.25) is 0 Å². The van der Waals surface area contributed by atoms with Gasteiger partial charge in [0.1, 0.15) is 0 Å². The van der Waals surface area contributed by atoms with Crippen LogP contribution in [0.25, 0.3) is 0 Å². The zero-order chi connectivity index (χ0) is 25.1. The Hall–Kier alpha value is -2.04. The molecular weight excluding hydrogens is 441 g/mol. The maximum atomic E-state index is 13.1. The number of rotatable bonds is 4. The average Bonchev–Trinajstić information content (AvgIpc) is 3.19. The quantitative estimate of drug-likeness (QED) is 0.648. The van der Waals surface area contributed by atoms with Crippen LogP contribution in [0.15, 0.2) is 0 Å². The van der Waals surface area contributed by atoms with Crippen molar-refractivity contribution in [2.45, 2.75) is 65.2 Å². The van der Waals surface area contributed by atoms with Gasteiger partial charge in [0, 0.05) is 51.2 Å². The molecule has 1 spiro atoms. The molecule has 33 heavy (non-hydrogen) atoms. The lowest BCUT2D eigenvalue weighted by molar-refractivity contribution is -0.192. The van der Waals surface area contributed by atoms with E-state index < -0.39 is 12.1 Å². The van der Waals surface area contributed by atoms with E-state index in [-0.39, 0.29) is 23.5 Å². The molecule has 3 fully saturated rings. The van der Waals surface area contributed by atoms with Gasteiger partial charge in [-0.1, -0.05) is 13.8 Å². The van der Waals surface area contributed by atoms with Gasteiger partial charge in [-0.25, -0.2) is 9.59 Å². The lowest BCUT2D eigenvalue weighted by Gasteiger charge is -2.47. The Morgan fingerprint density at radius 3 is 2.12 bits per heavy atom. The Balaban J connectivity index is 0.000000479. The molecular formula is C22H37F3N4O4. The lowest BCUT2D eigenvalue weighted by atomic mass is 9.75. The molecule has 3 saturated heterocycles. The number of likely N-dealkylation sites (tertiary alicyclic amines) is 3. The number of hydrogen-bond donors (Lipinski definition) is 2. The molecule has 0 unspecified atom stereocenters. The van der Waals surface area contributed by atoms with Crippen LogP contribution in [0, 0.1) is 17.8 Å². The SMILES string of the molecule is CCN1C(=O)[C@H]2CN(CC(C)C)C[C@H]2C12CCN(C(=O)NC(C)C)CC2.O=C(O)C(F)(F)F. The van der Waals surface area contributed by atoms with Gasteiger partial charge < -0.3 is 25.1 Å². The molecule has 0 aromatic rings. The van der Waals surface area contributed by atoms with Crippen molar-refractivity contribution in [3.63, 3.8) is 0 Å². The number of carboxylic acid groups (broad SMARTS) is 1. The van der Waals surface area contributed by atoms with Crippen molar-refractivity contribution >= 4 is 17.9 Å². The van der Waals surface area contributed by atoms with Crippen LogP contribution in [-0.2, 0) is 9.59 Å². The zero-order valence-electron chi connectivity index (χ0n) is 20.1. The fraction of sp³-hybridized carbons (Fsp3) is 0.864. The number of urea groups is 1. The molecule has 0 bridgehead atoms. The molecule has 3 aliphatic rings. The number of nitrogens with one attached hydrogen (secondary N) is 1. The Morgan fingerprint density at radius 1 is 1.15 bits per heavy atom. The number of fused-ring (bicyclic) bond motifs is 2. The predicted molar refractivity (Wildman–Crippen MR) is 117 cm³/mol. The second kappa shape index (κ2) is 10.5. The number of amides is 3. The first-order valence-corrected chi connectivity index (χ1v) is 11.6. The third kappa shape index (κ3) is 6.10. The minimum absolute atomic E-state index is 0.0339. The Kier molecular flexibility index (Phi) is 8.64. The smallest absolute Gasteiger partial charge is 0.475 e. The van der Waals surface area contributed by atoms with Gasteiger partial charge in [-0.3, -0.25) is 4.79 Å². The van der Waals surface area contributed by atoms with E-state index in [0.717, 1.165) is 52.1 Å². The van der Waals surface area contributed by atoms with E-state index >= 15 is 0 Å². The third-order valence-corrected chi connectivity index (χ3v) is 6.72. The number of carbonyl (C=O) groups is 3. The van der Waals surface area contributed by atoms with Crippen LogP contribution in [0.3, 0.4) is 0 Å². The summed E-state index contributed by atoms with van der Waals surface area (Å²) in [7, 11) is 0. The first-order chi connectivity index (χ1) is 15.2. The van der Waals surface area contributed by atoms with Gasteiger partial charge in [-0.15, -0.1) is 0 Å². The number of alkyl halides is 3. The molecule has 0 saturated carbocycles. The molecule has 0 aromatic carbocycles. The van der Waals surface area contributed by atoms with Crippen LogP contribution in [0.1, 0.15) is 47.5 Å². The number of nitrogens with zero attached hydrogens (tertiary/aromatic N) is 3. The fourth-order valence-corrected chi connectivity index (χ4v) is 5.51. The molecule has 0 radical (unpaired) electrons. The molecule has 3 amide bonds. The van der Waals surface area contributed by atoms with Crippen molar-refractivity contribution in [1.82, 2.24) is 20.0 Å². The number of aliphatic carboxylic acids is 1. The number of halogens is 3. The lowest BCUT2D eigenvalue weighted by Crippen LogP contribution is -2.59. The standard InChI is InChI=1S/C20H36N4O2.C2HF3O2/c1-6-24-18(25)16-12-22(11-14(2)3)13-17(16)20(24)7-9-23(10-8-20)19(26)21-15(4)5;3-2(4,5)1(6)7/h14-17H,6-13H2,1-5H3,(H,21,26);(H,6,7)/t16-,17+;/m0./s1. The second-order valence-corrected chi connectivity index (χ2v) is 9.91. The molecule has 0 aliphatic carbocycles. The topological polar surface area (TPSA) is 93.2 Å². The molecule has 11 heteroatoms. The van der Waals surface area contributed by atoms with E-state index in [4.69, 9.17) is 9.90 Å². The van der Waals surface area contributed by atoms with Crippen molar-refractivity contribution in [2.75, 3.05) is 39.3 Å². The normalized spacial score (nSPS) is 24.8. The minimum atomic E-state index is -5.08. The predicted octanol–water partition coefficient (Wildman–Crippen LogP) is 2.64. The Labute approximate surface area is 193 Å². The highest BCUT2D eigenvalue weighted by Gasteiger charge is 2.61. The summed E-state index contributed by atoms with van der Waals surface area (Å²) in [5.74, 6) is -1.20. The summed E-state index contributed by atoms with van der Waals surface area (Å²) < 4.78 is 31.7. The summed E-state index contributed by atoms with van der Waals surface area (Å²) >= 11 is 0. The van der Waals surface area contributed by atoms with Gasteiger partial charge in [-0.05, 0) is 39.5 Å². The van der Waals surface area contributed by atoms with Crippen molar-refractivity contribution in [3.8, 4) is 0 Å². The van der Waals surface area contributed by atoms with Crippen LogP contribution < -0.4 is 5.32 Å². The summed E-state index contributed by atoms with van der Waals surface area (Å²) in [4.78, 5) is 40.9. The Bertz CT molecular complexity index is 721. The molecule has 3 rings (SSSR count). The minimum Gasteiger partial charge on any atom is -0.475 e. The van der Waals surface area contributed by atoms with Gasteiger partial charge >= 0.3 is 18.2 Å². The number of hydrogen-bond acceptors (Lipinski definition) is 4. The summed E-state index contributed by atoms with van der Waals surface area (Å²) in [6.07, 6.45) is -3.26. The van der Waals surface area contributed by atoms with E-state index in [1.54, 1.807) is 0 Å². The summed E-state index contributed by atoms with van der Waals surface area (Å²) in [5, 5.41) is 10.1. The average molecular weight is 479 g/mol. The second-order valence-electron chi connectivity index (χ2n) is 9.91. The van der Waals surface area contributed by atoms with Crippen molar-refractivity contribution in [2.24, 2.45) is 17.8 Å². The first-order valence-electron chi connectivity index (χ1n) is 11.6. The zero-order valence-corrected chi connectivity index (χ0v) is 20.1. The monoisotopic (exact) mass is 478 g/mol. The van der Waals surface area contributed by atoms with E-state index in [9.17, 15) is 22.8 Å². The molecule has 3 heterocycles. The van der Waals surface area contributed by atoms with E-state index in [1.165, 1.54) is 0 Å². The maximum absolute atomic E-state index is 13.1. The van der Waals surface area contributed by atoms with Crippen LogP contribution in [0.4, 0.5) is 18.0 Å². The summed E-state index contributed by atoms with van der Waals surface area (Å²) in [6.45, 7) is 15.9. The van der Waals surface area contributed by atoms with E-state index in [1.807, 2.05) is 18.7 Å². The van der Waals surface area contributed by atoms with Crippen molar-refractivity contribution < 1.29 is 32.7 Å². The third-order valence-electron chi connectivity index (χ3n) is 6.72. The Morgan fingerprint density at radius 2 is 1.70 bits per heavy atom. The van der Waals surface area contributed by atoms with Gasteiger partial charge in [0.05, 0.1) is 11.5 Å². The summed E-state index contributed by atoms with van der Waals surface area (Å²) in [6, 6.07) is 0.189. The van der Waals surface area contributed by atoms with Crippen LogP contribution in [0.5, 0.6) is 0 Å². The number of piperidine rings is 1. The number of carbonyl (C=O) groups excluding carboxylic acids is 2. The molecule has 8 nitrogen and oxygen atoms in total. The van der Waals surface area contributed by atoms with Gasteiger partial charge in [0.25, 0.3) is 0 Å². The highest BCUT2D eigenvalue weighted by atomic mass is 19.4. The highest BCUT2D eigenvalue weighted by Crippen LogP contribution is 2.49. The summed E-state index contributed by atoms with van der Waals surface area (Å²) in [5.41, 5.74) is -0.0448. The van der Waals surface area contributed by atoms with E-state index in [0.29, 0.717) is 17.7 Å². The number of carboxylic acids is 1. The van der Waals surface area contributed by atoms with E-state index in [2.05, 4.69) is 35.9 Å². The highest BCUT2D eigenvalue weighted by molar-refractivity contribution is 5.84. The largest absolute Gasteiger partial charge is 0.490 e. The first kappa shape index (κ1) is 27.2. The van der Waals surface area contributed by atoms with Crippen LogP contribution >= 0.6 is 0 Å². The molecule has 190 valence electrons. The molecule has 0 aromatic heterocycles. The molecule has 2 atom stereocenters. The van der Waals surface area contributed by atoms with Gasteiger partial charge in [0.2, 0.25) is 5.91 Å². The van der Waals surface area contributed by atoms with Crippen molar-refractivity contribution in [1.29, 1.82) is 0 Å². The maximum Gasteiger partial charge on any atom is 0.490 e. The van der Waals surface area contributed by atoms with Gasteiger partial charge in [0.15, 0.2) is 0 Å². The molecule has 2 N–H and O–H groups in total. The van der Waals surface area contributed by atoms with Gasteiger partial charge in [-0.2, -0.15) is 13.2 Å². The fourth-order valence-electron chi connectivity index (χ4n) is 5.51. The van der Waals surface area contributed by atoms with Crippen molar-refractivity contribution in [3.05, 3.63) is 0 Å². The van der Waals surface area contributed by atoms with Crippen LogP contribution in [-0.4, -0.2) is 94.7 Å². The molecule has 3 aliphatic heterocycles.